The molecule has 0 spiro atoms. The molecule has 1 aliphatic heterocycles. The van der Waals surface area contributed by atoms with Crippen LogP contribution in [0, 0.1) is 6.92 Å². The monoisotopic (exact) mass is 499 g/mol. The molecule has 0 unspecified atom stereocenters. The van der Waals surface area contributed by atoms with Gasteiger partial charge in [-0.05, 0) is 53.9 Å². The van der Waals surface area contributed by atoms with Crippen molar-refractivity contribution in [2.24, 2.45) is 0 Å². The summed E-state index contributed by atoms with van der Waals surface area (Å²) in [5.74, 6) is -3.38. The van der Waals surface area contributed by atoms with Crippen LogP contribution in [0.25, 0.3) is 11.1 Å². The number of hydrogen-bond acceptors (Lipinski definition) is 7. The van der Waals surface area contributed by atoms with Gasteiger partial charge in [-0.1, -0.05) is 6.07 Å². The van der Waals surface area contributed by atoms with E-state index in [1.165, 1.54) is 12.3 Å². The minimum Gasteiger partial charge on any atom is -0.475 e. The number of aliphatic hydroxyl groups excluding tert-OH is 1. The number of carbonyl (C=O) groups is 1. The third-order valence-corrected chi connectivity index (χ3v) is 5.95. The van der Waals surface area contributed by atoms with Crippen LogP contribution in [0.3, 0.4) is 0 Å². The largest absolute Gasteiger partial charge is 0.475 e. The molecule has 1 saturated heterocycles. The van der Waals surface area contributed by atoms with E-state index in [1.54, 1.807) is 25.3 Å². The Morgan fingerprint density at radius 1 is 1.22 bits per heavy atom. The van der Waals surface area contributed by atoms with Crippen LogP contribution in [0.2, 0.25) is 0 Å². The molecule has 1 fully saturated rings. The maximum absolute atomic E-state index is 13.7. The lowest BCUT2D eigenvalue weighted by molar-refractivity contribution is -0.204. The predicted molar refractivity (Wildman–Crippen MR) is 128 cm³/mol. The van der Waals surface area contributed by atoms with Crippen LogP contribution in [0.1, 0.15) is 34.2 Å². The molecule has 1 aliphatic rings. The lowest BCUT2D eigenvalue weighted by Gasteiger charge is -2.39. The highest BCUT2D eigenvalue weighted by Crippen LogP contribution is 2.37. The summed E-state index contributed by atoms with van der Waals surface area (Å²) >= 11 is 0. The minimum atomic E-state index is -3.16. The average Bonchev–Trinajstić information content (AvgIpc) is 2.83. The number of methoxy groups -OCH3 is 1. The summed E-state index contributed by atoms with van der Waals surface area (Å²) in [6.45, 7) is 3.26. The van der Waals surface area contributed by atoms with Gasteiger partial charge >= 0.3 is 0 Å². The Kier molecular flexibility index (Phi) is 7.30. The standard InChI is InChI=1S/C26H27F2N3O5/c1-16-4-5-19(30-24(33)17-6-7-29-21(10-17)25(2,27)28)13-20(16)18-11-22(26(34-3)14-35-15-26)31-23(12-18)36-9-8-32/h4-7,10-13,32H,8-9,14-15H2,1-3H3,(H,30,33). The molecule has 1 aromatic carbocycles. The van der Waals surface area contributed by atoms with E-state index < -0.39 is 23.1 Å². The SMILES string of the molecule is COC1(c2cc(-c3cc(NC(=O)c4ccnc(C(C)(F)F)c4)ccc3C)cc(OCCO)n2)COC1. The Morgan fingerprint density at radius 2 is 2.00 bits per heavy atom. The Balaban J connectivity index is 1.67. The Morgan fingerprint density at radius 3 is 2.64 bits per heavy atom. The number of nitrogens with zero attached hydrogens (tertiary/aromatic N) is 2. The van der Waals surface area contributed by atoms with Gasteiger partial charge in [-0.3, -0.25) is 9.78 Å². The summed E-state index contributed by atoms with van der Waals surface area (Å²) in [6.07, 6.45) is 1.18. The molecule has 0 atom stereocenters. The Hall–Kier alpha value is -3.47. The van der Waals surface area contributed by atoms with Gasteiger partial charge in [-0.2, -0.15) is 8.78 Å². The van der Waals surface area contributed by atoms with E-state index in [-0.39, 0.29) is 18.8 Å². The molecule has 3 aromatic rings. The molecule has 190 valence electrons. The van der Waals surface area contributed by atoms with Crippen LogP contribution in [0.4, 0.5) is 14.5 Å². The number of nitrogens with one attached hydrogen (secondary N) is 1. The molecule has 8 nitrogen and oxygen atoms in total. The van der Waals surface area contributed by atoms with Gasteiger partial charge in [-0.25, -0.2) is 4.98 Å². The number of amides is 1. The van der Waals surface area contributed by atoms with E-state index in [2.05, 4.69) is 15.3 Å². The fourth-order valence-corrected chi connectivity index (χ4v) is 3.80. The van der Waals surface area contributed by atoms with Gasteiger partial charge in [0.15, 0.2) is 5.60 Å². The van der Waals surface area contributed by atoms with Crippen molar-refractivity contribution in [2.45, 2.75) is 25.4 Å². The Bertz CT molecular complexity index is 1250. The first kappa shape index (κ1) is 25.6. The summed E-state index contributed by atoms with van der Waals surface area (Å²) in [5, 5.41) is 11.9. The molecular formula is C26H27F2N3O5. The van der Waals surface area contributed by atoms with E-state index in [0.29, 0.717) is 30.5 Å². The smallest absolute Gasteiger partial charge is 0.286 e. The number of anilines is 1. The average molecular weight is 500 g/mol. The third-order valence-electron chi connectivity index (χ3n) is 5.95. The predicted octanol–water partition coefficient (Wildman–Crippen LogP) is 4.06. The molecule has 0 radical (unpaired) electrons. The molecule has 2 N–H and O–H groups in total. The zero-order valence-corrected chi connectivity index (χ0v) is 20.2. The quantitative estimate of drug-likeness (QED) is 0.458. The molecular weight excluding hydrogens is 472 g/mol. The number of aryl methyl sites for hydroxylation is 1. The van der Waals surface area contributed by atoms with E-state index in [9.17, 15) is 18.7 Å². The van der Waals surface area contributed by atoms with Crippen molar-refractivity contribution in [3.63, 3.8) is 0 Å². The van der Waals surface area contributed by atoms with E-state index in [0.717, 1.165) is 29.7 Å². The fourth-order valence-electron chi connectivity index (χ4n) is 3.80. The number of rotatable bonds is 9. The molecule has 3 heterocycles. The first-order valence-corrected chi connectivity index (χ1v) is 11.3. The van der Waals surface area contributed by atoms with Crippen LogP contribution in [-0.2, 0) is 21.0 Å². The number of ether oxygens (including phenoxy) is 3. The zero-order valence-electron chi connectivity index (χ0n) is 20.2. The van der Waals surface area contributed by atoms with Gasteiger partial charge < -0.3 is 24.6 Å². The van der Waals surface area contributed by atoms with Crippen LogP contribution in [0.15, 0.2) is 48.7 Å². The van der Waals surface area contributed by atoms with Crippen molar-refractivity contribution in [1.82, 2.24) is 9.97 Å². The molecule has 36 heavy (non-hydrogen) atoms. The summed E-state index contributed by atoms with van der Waals surface area (Å²) in [6, 6.07) is 11.4. The van der Waals surface area contributed by atoms with Crippen LogP contribution < -0.4 is 10.1 Å². The van der Waals surface area contributed by atoms with Gasteiger partial charge in [0.05, 0.1) is 25.5 Å². The number of alkyl halides is 2. The topological polar surface area (TPSA) is 103 Å². The van der Waals surface area contributed by atoms with Gasteiger partial charge in [0, 0.05) is 37.5 Å². The molecule has 0 bridgehead atoms. The second kappa shape index (κ2) is 10.3. The number of carbonyl (C=O) groups excluding carboxylic acids is 1. The summed E-state index contributed by atoms with van der Waals surface area (Å²) in [5.41, 5.74) is 2.48. The number of halogens is 2. The maximum Gasteiger partial charge on any atom is 0.286 e. The van der Waals surface area contributed by atoms with E-state index in [1.807, 2.05) is 19.1 Å². The molecule has 2 aromatic heterocycles. The molecule has 10 heteroatoms. The molecule has 4 rings (SSSR count). The summed E-state index contributed by atoms with van der Waals surface area (Å²) in [7, 11) is 1.59. The van der Waals surface area contributed by atoms with Crippen molar-refractivity contribution in [3.05, 3.63) is 71.2 Å². The van der Waals surface area contributed by atoms with Gasteiger partial charge in [0.1, 0.15) is 12.3 Å². The third kappa shape index (κ3) is 5.35. The first-order chi connectivity index (χ1) is 17.1. The highest BCUT2D eigenvalue weighted by molar-refractivity contribution is 6.04. The molecule has 0 saturated carbocycles. The van der Waals surface area contributed by atoms with E-state index >= 15 is 0 Å². The number of aromatic nitrogens is 2. The van der Waals surface area contributed by atoms with Crippen LogP contribution in [-0.4, -0.2) is 54.5 Å². The number of pyridine rings is 2. The van der Waals surface area contributed by atoms with Gasteiger partial charge in [0.2, 0.25) is 5.88 Å². The Labute approximate surface area is 207 Å². The lowest BCUT2D eigenvalue weighted by Crippen LogP contribution is -2.48. The van der Waals surface area contributed by atoms with Crippen molar-refractivity contribution < 1.29 is 32.9 Å². The first-order valence-electron chi connectivity index (χ1n) is 11.3. The number of hydrogen-bond donors (Lipinski definition) is 2. The lowest BCUT2D eigenvalue weighted by atomic mass is 9.92. The van der Waals surface area contributed by atoms with Crippen molar-refractivity contribution in [2.75, 3.05) is 38.9 Å². The van der Waals surface area contributed by atoms with E-state index in [4.69, 9.17) is 14.2 Å². The second-order valence-corrected chi connectivity index (χ2v) is 8.64. The highest BCUT2D eigenvalue weighted by Gasteiger charge is 2.42. The van der Waals surface area contributed by atoms with Crippen LogP contribution >= 0.6 is 0 Å². The summed E-state index contributed by atoms with van der Waals surface area (Å²) < 4.78 is 44.0. The van der Waals surface area contributed by atoms with Crippen molar-refractivity contribution in [1.29, 1.82) is 0 Å². The number of benzene rings is 1. The van der Waals surface area contributed by atoms with Crippen molar-refractivity contribution >= 4 is 11.6 Å². The van der Waals surface area contributed by atoms with Gasteiger partial charge in [0.25, 0.3) is 11.8 Å². The van der Waals surface area contributed by atoms with Gasteiger partial charge in [-0.15, -0.1) is 0 Å². The zero-order chi connectivity index (χ0) is 25.9. The normalized spacial score (nSPS) is 14.7. The van der Waals surface area contributed by atoms with Crippen LogP contribution in [0.5, 0.6) is 5.88 Å². The highest BCUT2D eigenvalue weighted by atomic mass is 19.3. The molecule has 1 amide bonds. The molecule has 0 aliphatic carbocycles. The maximum atomic E-state index is 13.7. The van der Waals surface area contributed by atoms with Crippen molar-refractivity contribution in [3.8, 4) is 17.0 Å². The number of aliphatic hydroxyl groups is 1. The summed E-state index contributed by atoms with van der Waals surface area (Å²) in [4.78, 5) is 21.0. The second-order valence-electron chi connectivity index (χ2n) is 8.64. The fraction of sp³-hybridized carbons (Fsp3) is 0.346. The minimum absolute atomic E-state index is 0.0709.